The number of halogens is 1. The third-order valence-corrected chi connectivity index (χ3v) is 6.60. The van der Waals surface area contributed by atoms with Crippen molar-refractivity contribution in [2.45, 2.75) is 45.1 Å². The summed E-state index contributed by atoms with van der Waals surface area (Å²) in [6.07, 6.45) is 5.69. The van der Waals surface area contributed by atoms with Crippen LogP contribution in [0.3, 0.4) is 0 Å². The van der Waals surface area contributed by atoms with Gasteiger partial charge in [0.05, 0.1) is 12.1 Å². The molecule has 2 aromatic carbocycles. The zero-order chi connectivity index (χ0) is 26.5. The Morgan fingerprint density at radius 1 is 1.14 bits per heavy atom. The van der Waals surface area contributed by atoms with Gasteiger partial charge in [0.15, 0.2) is 18.1 Å². The summed E-state index contributed by atoms with van der Waals surface area (Å²) in [6.45, 7) is 1.63. The van der Waals surface area contributed by atoms with Gasteiger partial charge in [0.2, 0.25) is 0 Å². The average Bonchev–Trinajstić information content (AvgIpc) is 2.87. The monoisotopic (exact) mass is 525 g/mol. The normalized spacial score (nSPS) is 17.5. The predicted molar refractivity (Wildman–Crippen MR) is 139 cm³/mol. The van der Waals surface area contributed by atoms with Gasteiger partial charge in [-0.25, -0.2) is 4.79 Å². The first-order valence-corrected chi connectivity index (χ1v) is 12.4. The Labute approximate surface area is 219 Å². The van der Waals surface area contributed by atoms with E-state index in [0.717, 1.165) is 29.7 Å². The Hall–Kier alpha value is -3.85. The number of ether oxygens (including phenoxy) is 2. The van der Waals surface area contributed by atoms with Gasteiger partial charge in [-0.3, -0.25) is 24.6 Å². The lowest BCUT2D eigenvalue weighted by molar-refractivity contribution is -0.132. The maximum atomic E-state index is 13.1. The Kier molecular flexibility index (Phi) is 8.13. The van der Waals surface area contributed by atoms with Gasteiger partial charge in [-0.15, -0.1) is 0 Å². The van der Waals surface area contributed by atoms with Crippen molar-refractivity contribution in [2.75, 3.05) is 19.0 Å². The van der Waals surface area contributed by atoms with E-state index in [1.807, 2.05) is 19.1 Å². The van der Waals surface area contributed by atoms with Gasteiger partial charge >= 0.3 is 6.03 Å². The number of nitrogens with one attached hydrogen (secondary N) is 2. The maximum Gasteiger partial charge on any atom is 0.331 e. The summed E-state index contributed by atoms with van der Waals surface area (Å²) in [6, 6.07) is 9.43. The number of aryl methyl sites for hydroxylation is 1. The number of anilines is 1. The molecule has 1 saturated carbocycles. The van der Waals surface area contributed by atoms with E-state index in [9.17, 15) is 19.2 Å². The lowest BCUT2D eigenvalue weighted by atomic mass is 9.93. The molecule has 37 heavy (non-hydrogen) atoms. The highest BCUT2D eigenvalue weighted by molar-refractivity contribution is 6.33. The molecule has 10 heteroatoms. The van der Waals surface area contributed by atoms with Crippen LogP contribution in [0.2, 0.25) is 5.02 Å². The molecule has 0 spiro atoms. The molecule has 1 aliphatic heterocycles. The molecule has 0 atom stereocenters. The lowest BCUT2D eigenvalue weighted by Crippen LogP contribution is -2.58. The summed E-state index contributed by atoms with van der Waals surface area (Å²) < 4.78 is 11.0. The first-order chi connectivity index (χ1) is 17.8. The van der Waals surface area contributed by atoms with Crippen molar-refractivity contribution in [2.24, 2.45) is 0 Å². The molecule has 1 heterocycles. The largest absolute Gasteiger partial charge is 0.493 e. The zero-order valence-electron chi connectivity index (χ0n) is 20.6. The van der Waals surface area contributed by atoms with Crippen LogP contribution in [0.5, 0.6) is 11.5 Å². The van der Waals surface area contributed by atoms with Crippen molar-refractivity contribution in [1.29, 1.82) is 0 Å². The van der Waals surface area contributed by atoms with Crippen LogP contribution >= 0.6 is 11.6 Å². The summed E-state index contributed by atoms with van der Waals surface area (Å²) in [5.41, 5.74) is 1.93. The van der Waals surface area contributed by atoms with E-state index >= 15 is 0 Å². The maximum absolute atomic E-state index is 13.1. The molecular formula is C27H28ClN3O6. The van der Waals surface area contributed by atoms with Crippen LogP contribution in [0.15, 0.2) is 42.0 Å². The average molecular weight is 526 g/mol. The van der Waals surface area contributed by atoms with Crippen LogP contribution in [-0.2, 0) is 14.4 Å². The molecule has 0 aromatic heterocycles. The minimum absolute atomic E-state index is 0.123. The second-order valence-electron chi connectivity index (χ2n) is 9.02. The molecule has 1 saturated heterocycles. The number of benzene rings is 2. The number of urea groups is 1. The summed E-state index contributed by atoms with van der Waals surface area (Å²) in [7, 11) is 1.41. The fraction of sp³-hybridized carbons (Fsp3) is 0.333. The van der Waals surface area contributed by atoms with Crippen LogP contribution < -0.4 is 20.1 Å². The molecule has 0 bridgehead atoms. The number of rotatable bonds is 7. The van der Waals surface area contributed by atoms with Crippen LogP contribution in [0, 0.1) is 6.92 Å². The first kappa shape index (κ1) is 26.2. The van der Waals surface area contributed by atoms with Crippen molar-refractivity contribution in [3.05, 3.63) is 58.1 Å². The summed E-state index contributed by atoms with van der Waals surface area (Å²) in [5, 5.41) is 5.12. The van der Waals surface area contributed by atoms with Crippen LogP contribution in [0.25, 0.3) is 6.08 Å². The Balaban J connectivity index is 1.51. The minimum Gasteiger partial charge on any atom is -0.493 e. The SMILES string of the molecule is COc1cc(C=C2C(=O)NC(=O)N(C3CCCCC3)C2=O)cc(Cl)c1OCC(=O)Nc1ccc(C)cc1. The van der Waals surface area contributed by atoms with Crippen molar-refractivity contribution in [1.82, 2.24) is 10.2 Å². The quantitative estimate of drug-likeness (QED) is 0.407. The smallest absolute Gasteiger partial charge is 0.331 e. The molecule has 4 rings (SSSR count). The topological polar surface area (TPSA) is 114 Å². The van der Waals surface area contributed by atoms with E-state index in [2.05, 4.69) is 10.6 Å². The van der Waals surface area contributed by atoms with E-state index in [1.165, 1.54) is 25.3 Å². The Bertz CT molecular complexity index is 1250. The molecule has 2 aliphatic rings. The lowest BCUT2D eigenvalue weighted by Gasteiger charge is -2.35. The molecular weight excluding hydrogens is 498 g/mol. The highest BCUT2D eigenvalue weighted by atomic mass is 35.5. The fourth-order valence-electron chi connectivity index (χ4n) is 4.44. The fourth-order valence-corrected chi connectivity index (χ4v) is 4.72. The van der Waals surface area contributed by atoms with Crippen molar-refractivity contribution in [3.63, 3.8) is 0 Å². The number of carbonyl (C=O) groups is 4. The Morgan fingerprint density at radius 3 is 2.51 bits per heavy atom. The second-order valence-corrected chi connectivity index (χ2v) is 9.43. The third kappa shape index (κ3) is 6.11. The Morgan fingerprint density at radius 2 is 1.84 bits per heavy atom. The van der Waals surface area contributed by atoms with E-state index in [4.69, 9.17) is 21.1 Å². The predicted octanol–water partition coefficient (Wildman–Crippen LogP) is 4.47. The van der Waals surface area contributed by atoms with Gasteiger partial charge in [-0.2, -0.15) is 0 Å². The molecule has 9 nitrogen and oxygen atoms in total. The number of amides is 5. The number of hydrogen-bond acceptors (Lipinski definition) is 6. The van der Waals surface area contributed by atoms with Crippen molar-refractivity contribution >= 4 is 47.1 Å². The second kappa shape index (κ2) is 11.5. The number of barbiturate groups is 1. The van der Waals surface area contributed by atoms with Gasteiger partial charge in [-0.05, 0) is 55.7 Å². The minimum atomic E-state index is -0.773. The third-order valence-electron chi connectivity index (χ3n) is 6.32. The van der Waals surface area contributed by atoms with Gasteiger partial charge in [-0.1, -0.05) is 48.6 Å². The van der Waals surface area contributed by atoms with Crippen LogP contribution in [-0.4, -0.2) is 48.4 Å². The van der Waals surface area contributed by atoms with Crippen molar-refractivity contribution in [3.8, 4) is 11.5 Å². The molecule has 194 valence electrons. The van der Waals surface area contributed by atoms with E-state index < -0.39 is 17.8 Å². The summed E-state index contributed by atoms with van der Waals surface area (Å²) in [5.74, 6) is -1.44. The van der Waals surface area contributed by atoms with Crippen LogP contribution in [0.1, 0.15) is 43.2 Å². The van der Waals surface area contributed by atoms with Gasteiger partial charge in [0.25, 0.3) is 17.7 Å². The van der Waals surface area contributed by atoms with E-state index in [0.29, 0.717) is 24.1 Å². The summed E-state index contributed by atoms with van der Waals surface area (Å²) >= 11 is 6.42. The summed E-state index contributed by atoms with van der Waals surface area (Å²) in [4.78, 5) is 51.6. The first-order valence-electron chi connectivity index (χ1n) is 12.0. The molecule has 2 fully saturated rings. The standard InChI is InChI=1S/C27H28ClN3O6/c1-16-8-10-18(11-9-16)29-23(32)15-37-24-21(28)13-17(14-22(24)36-2)12-20-25(33)30-27(35)31(26(20)34)19-6-4-3-5-7-19/h8-14,19H,3-7,15H2,1-2H3,(H,29,32)(H,30,33,35). The van der Waals surface area contributed by atoms with Gasteiger partial charge in [0.1, 0.15) is 5.57 Å². The number of carbonyl (C=O) groups excluding carboxylic acids is 4. The number of imide groups is 2. The highest BCUT2D eigenvalue weighted by Crippen LogP contribution is 2.37. The van der Waals surface area contributed by atoms with Gasteiger partial charge < -0.3 is 14.8 Å². The number of methoxy groups -OCH3 is 1. The van der Waals surface area contributed by atoms with Gasteiger partial charge in [0, 0.05) is 11.7 Å². The molecule has 0 radical (unpaired) electrons. The van der Waals surface area contributed by atoms with Crippen molar-refractivity contribution < 1.29 is 28.7 Å². The number of nitrogens with zero attached hydrogens (tertiary/aromatic N) is 1. The zero-order valence-corrected chi connectivity index (χ0v) is 21.4. The van der Waals surface area contributed by atoms with E-state index in [-0.39, 0.29) is 40.7 Å². The molecule has 0 unspecified atom stereocenters. The number of hydrogen-bond donors (Lipinski definition) is 2. The molecule has 1 aliphatic carbocycles. The highest BCUT2D eigenvalue weighted by Gasteiger charge is 2.40. The molecule has 2 N–H and O–H groups in total. The molecule has 2 aromatic rings. The van der Waals surface area contributed by atoms with Crippen LogP contribution in [0.4, 0.5) is 10.5 Å². The van der Waals surface area contributed by atoms with E-state index in [1.54, 1.807) is 12.1 Å². The molecule has 5 amide bonds.